The molecule has 0 bridgehead atoms. The van der Waals surface area contributed by atoms with Crippen molar-refractivity contribution in [3.05, 3.63) is 42.6 Å². The van der Waals surface area contributed by atoms with Gasteiger partial charge < -0.3 is 0 Å². The second kappa shape index (κ2) is 4.46. The lowest BCUT2D eigenvalue weighted by Crippen LogP contribution is -2.13. The Morgan fingerprint density at radius 3 is 2.94 bits per heavy atom. The molecule has 3 aromatic heterocycles. The normalized spacial score (nSPS) is 10.4. The van der Waals surface area contributed by atoms with E-state index < -0.39 is 0 Å². The maximum absolute atomic E-state index is 11.8. The summed E-state index contributed by atoms with van der Waals surface area (Å²) < 4.78 is 0. The molecule has 0 aliphatic heterocycles. The van der Waals surface area contributed by atoms with Gasteiger partial charge in [-0.2, -0.15) is 0 Å². The minimum Gasteiger partial charge on any atom is -0.296 e. The van der Waals surface area contributed by atoms with E-state index >= 15 is 0 Å². The monoisotopic (exact) mass is 257 g/mol. The van der Waals surface area contributed by atoms with Crippen LogP contribution in [0.15, 0.2) is 36.9 Å². The van der Waals surface area contributed by atoms with Gasteiger partial charge in [-0.25, -0.2) is 15.0 Å². The summed E-state index contributed by atoms with van der Waals surface area (Å²) in [7, 11) is 0. The number of aromatic nitrogens is 4. The molecule has 0 aliphatic rings. The highest BCUT2D eigenvalue weighted by molar-refractivity contribution is 7.21. The Labute approximate surface area is 106 Å². The van der Waals surface area contributed by atoms with Gasteiger partial charge in [0.1, 0.15) is 16.0 Å². The number of anilines is 1. The second-order valence-electron chi connectivity index (χ2n) is 3.39. The topological polar surface area (TPSA) is 80.7 Å². The molecule has 0 unspecified atom stereocenters. The molecule has 0 aromatic carbocycles. The number of rotatable bonds is 2. The first kappa shape index (κ1) is 10.7. The van der Waals surface area contributed by atoms with Gasteiger partial charge in [0.25, 0.3) is 5.91 Å². The molecule has 1 N–H and O–H groups in total. The van der Waals surface area contributed by atoms with Crippen LogP contribution in [-0.4, -0.2) is 25.8 Å². The number of hydrogen-bond acceptors (Lipinski definition) is 6. The molecule has 0 aliphatic carbocycles. The molecule has 0 radical (unpaired) electrons. The zero-order valence-corrected chi connectivity index (χ0v) is 9.89. The molecule has 3 heterocycles. The summed E-state index contributed by atoms with van der Waals surface area (Å²) in [6.45, 7) is 0. The highest BCUT2D eigenvalue weighted by Crippen LogP contribution is 2.23. The smallest absolute Gasteiger partial charge is 0.277 e. The number of pyridine rings is 1. The maximum Gasteiger partial charge on any atom is 0.277 e. The van der Waals surface area contributed by atoms with Crippen LogP contribution in [0.25, 0.3) is 10.3 Å². The molecule has 7 heteroatoms. The fourth-order valence-corrected chi connectivity index (χ4v) is 2.20. The van der Waals surface area contributed by atoms with Crippen molar-refractivity contribution in [2.45, 2.75) is 0 Å². The molecule has 0 atom stereocenters. The summed E-state index contributed by atoms with van der Waals surface area (Å²) in [4.78, 5) is 28.8. The Hall–Kier alpha value is -2.41. The van der Waals surface area contributed by atoms with E-state index in [0.29, 0.717) is 5.13 Å². The zero-order valence-electron chi connectivity index (χ0n) is 9.07. The minimum atomic E-state index is -0.331. The lowest BCUT2D eigenvalue weighted by Gasteiger charge is -1.98. The third-order valence-corrected chi connectivity index (χ3v) is 3.08. The summed E-state index contributed by atoms with van der Waals surface area (Å²) in [6.07, 6.45) is 6.07. The number of fused-ring (bicyclic) bond motifs is 1. The van der Waals surface area contributed by atoms with Gasteiger partial charge in [0.2, 0.25) is 0 Å². The molecule has 0 saturated carbocycles. The molecule has 3 rings (SSSR count). The van der Waals surface area contributed by atoms with E-state index in [4.69, 9.17) is 0 Å². The summed E-state index contributed by atoms with van der Waals surface area (Å²) >= 11 is 1.32. The first-order valence-electron chi connectivity index (χ1n) is 5.12. The van der Waals surface area contributed by atoms with Crippen molar-refractivity contribution in [2.24, 2.45) is 0 Å². The largest absolute Gasteiger partial charge is 0.296 e. The van der Waals surface area contributed by atoms with Crippen LogP contribution in [0.3, 0.4) is 0 Å². The Morgan fingerprint density at radius 2 is 2.17 bits per heavy atom. The molecule has 1 amide bonds. The van der Waals surface area contributed by atoms with Crippen molar-refractivity contribution in [3.8, 4) is 0 Å². The van der Waals surface area contributed by atoms with Gasteiger partial charge in [-0.15, -0.1) is 0 Å². The number of hydrogen-bond donors (Lipinski definition) is 1. The number of carbonyl (C=O) groups is 1. The van der Waals surface area contributed by atoms with E-state index in [-0.39, 0.29) is 11.6 Å². The fourth-order valence-electron chi connectivity index (χ4n) is 1.40. The molecule has 18 heavy (non-hydrogen) atoms. The number of amides is 1. The highest BCUT2D eigenvalue weighted by atomic mass is 32.1. The number of carbonyl (C=O) groups excluding carboxylic acids is 1. The van der Waals surface area contributed by atoms with Gasteiger partial charge in [0.15, 0.2) is 5.13 Å². The van der Waals surface area contributed by atoms with Crippen LogP contribution in [0.4, 0.5) is 5.13 Å². The van der Waals surface area contributed by atoms with Crippen molar-refractivity contribution in [1.29, 1.82) is 0 Å². The van der Waals surface area contributed by atoms with Crippen molar-refractivity contribution in [1.82, 2.24) is 19.9 Å². The minimum absolute atomic E-state index is 0.254. The van der Waals surface area contributed by atoms with Gasteiger partial charge in [0.05, 0.1) is 6.20 Å². The fraction of sp³-hybridized carbons (Fsp3) is 0. The summed E-state index contributed by atoms with van der Waals surface area (Å²) in [5.74, 6) is -0.331. The van der Waals surface area contributed by atoms with Crippen molar-refractivity contribution in [3.63, 3.8) is 0 Å². The van der Waals surface area contributed by atoms with Crippen LogP contribution in [-0.2, 0) is 0 Å². The van der Waals surface area contributed by atoms with Gasteiger partial charge in [0, 0.05) is 18.6 Å². The van der Waals surface area contributed by atoms with E-state index in [0.717, 1.165) is 10.3 Å². The predicted octanol–water partition coefficient (Wildman–Crippen LogP) is 1.73. The SMILES string of the molecule is O=C(Nc1nc2cccnc2s1)c1cnccn1. The average molecular weight is 257 g/mol. The quantitative estimate of drug-likeness (QED) is 0.756. The first-order chi connectivity index (χ1) is 8.83. The Morgan fingerprint density at radius 1 is 1.22 bits per heavy atom. The highest BCUT2D eigenvalue weighted by Gasteiger charge is 2.10. The molecular formula is C11H7N5OS. The molecule has 0 spiro atoms. The average Bonchev–Trinajstić information content (AvgIpc) is 2.82. The van der Waals surface area contributed by atoms with E-state index in [2.05, 4.69) is 25.3 Å². The van der Waals surface area contributed by atoms with E-state index in [1.165, 1.54) is 29.9 Å². The summed E-state index contributed by atoms with van der Waals surface area (Å²) in [5, 5.41) is 3.17. The van der Waals surface area contributed by atoms with Crippen molar-refractivity contribution in [2.75, 3.05) is 5.32 Å². The van der Waals surface area contributed by atoms with Crippen LogP contribution in [0.1, 0.15) is 10.5 Å². The van der Waals surface area contributed by atoms with E-state index in [1.54, 1.807) is 12.3 Å². The third kappa shape index (κ3) is 2.03. The molecule has 88 valence electrons. The number of thiazole rings is 1. The van der Waals surface area contributed by atoms with Gasteiger partial charge in [-0.05, 0) is 12.1 Å². The predicted molar refractivity (Wildman–Crippen MR) is 67.4 cm³/mol. The van der Waals surface area contributed by atoms with Crippen molar-refractivity contribution >= 4 is 32.7 Å². The molecular weight excluding hydrogens is 250 g/mol. The zero-order chi connectivity index (χ0) is 12.4. The van der Waals surface area contributed by atoms with Crippen molar-refractivity contribution < 1.29 is 4.79 Å². The van der Waals surface area contributed by atoms with Crippen LogP contribution < -0.4 is 5.32 Å². The number of nitrogens with one attached hydrogen (secondary N) is 1. The van der Waals surface area contributed by atoms with Crippen LogP contribution >= 0.6 is 11.3 Å². The number of nitrogens with zero attached hydrogens (tertiary/aromatic N) is 4. The van der Waals surface area contributed by atoms with Gasteiger partial charge >= 0.3 is 0 Å². The third-order valence-electron chi connectivity index (χ3n) is 2.18. The molecule has 3 aromatic rings. The summed E-state index contributed by atoms with van der Waals surface area (Å²) in [5.41, 5.74) is 1.02. The lowest BCUT2D eigenvalue weighted by atomic mass is 10.4. The molecule has 0 saturated heterocycles. The van der Waals surface area contributed by atoms with E-state index in [1.807, 2.05) is 6.07 Å². The Kier molecular flexibility index (Phi) is 2.66. The maximum atomic E-state index is 11.8. The van der Waals surface area contributed by atoms with E-state index in [9.17, 15) is 4.79 Å². The van der Waals surface area contributed by atoms with Gasteiger partial charge in [-0.3, -0.25) is 15.1 Å². The molecule has 6 nitrogen and oxygen atoms in total. The standard InChI is InChI=1S/C11H7N5OS/c17-9(8-6-12-4-5-13-8)16-11-15-7-2-1-3-14-10(7)18-11/h1-6H,(H,15,16,17). The second-order valence-corrected chi connectivity index (χ2v) is 4.37. The lowest BCUT2D eigenvalue weighted by molar-refractivity contribution is 0.102. The first-order valence-corrected chi connectivity index (χ1v) is 5.93. The van der Waals surface area contributed by atoms with Crippen LogP contribution in [0, 0.1) is 0 Å². The van der Waals surface area contributed by atoms with Crippen LogP contribution in [0.2, 0.25) is 0 Å². The Bertz CT molecular complexity index is 664. The van der Waals surface area contributed by atoms with Crippen LogP contribution in [0.5, 0.6) is 0 Å². The Balaban J connectivity index is 1.86. The summed E-state index contributed by atoms with van der Waals surface area (Å²) in [6, 6.07) is 3.65. The van der Waals surface area contributed by atoms with Gasteiger partial charge in [-0.1, -0.05) is 11.3 Å². The molecule has 0 fully saturated rings.